The summed E-state index contributed by atoms with van der Waals surface area (Å²) in [5, 5.41) is 2.97. The molecule has 1 unspecified atom stereocenters. The predicted octanol–water partition coefficient (Wildman–Crippen LogP) is 3.64. The van der Waals surface area contributed by atoms with Crippen molar-refractivity contribution < 1.29 is 4.21 Å². The van der Waals surface area contributed by atoms with E-state index in [2.05, 4.69) is 31.1 Å². The fourth-order valence-corrected chi connectivity index (χ4v) is 4.31. The van der Waals surface area contributed by atoms with Crippen LogP contribution in [0.3, 0.4) is 0 Å². The lowest BCUT2D eigenvalue weighted by atomic mass is 9.93. The number of aromatic nitrogens is 1. The summed E-state index contributed by atoms with van der Waals surface area (Å²) in [6, 6.07) is 5.53. The second-order valence-corrected chi connectivity index (χ2v) is 8.25. The average molecular weight is 308 g/mol. The van der Waals surface area contributed by atoms with Crippen LogP contribution in [0.1, 0.15) is 37.0 Å². The molecule has 0 aliphatic carbocycles. The third-order valence-electron chi connectivity index (χ3n) is 3.03. The summed E-state index contributed by atoms with van der Waals surface area (Å²) in [5.41, 5.74) is 8.51. The van der Waals surface area contributed by atoms with Crippen LogP contribution in [0.15, 0.2) is 28.5 Å². The summed E-state index contributed by atoms with van der Waals surface area (Å²) in [6.45, 7) is 8.34. The number of benzene rings is 1. The molecule has 0 saturated heterocycles. The lowest BCUT2D eigenvalue weighted by molar-refractivity contribution is 0.571. The third kappa shape index (κ3) is 3.46. The van der Waals surface area contributed by atoms with Gasteiger partial charge < -0.3 is 5.73 Å². The van der Waals surface area contributed by atoms with Crippen molar-refractivity contribution in [3.8, 4) is 0 Å². The van der Waals surface area contributed by atoms with Crippen molar-refractivity contribution in [2.24, 2.45) is 0 Å². The molecule has 1 heterocycles. The molecule has 0 saturated carbocycles. The molecule has 0 fully saturated rings. The highest BCUT2D eigenvalue weighted by Crippen LogP contribution is 2.26. The smallest absolute Gasteiger partial charge is 0.106 e. The van der Waals surface area contributed by atoms with E-state index in [0.29, 0.717) is 11.4 Å². The highest BCUT2D eigenvalue weighted by molar-refractivity contribution is 7.84. The van der Waals surface area contributed by atoms with Crippen molar-refractivity contribution in [1.29, 1.82) is 0 Å². The van der Waals surface area contributed by atoms with Gasteiger partial charge in [-0.05, 0) is 24.6 Å². The standard InChI is InChI=1S/C15H20N2OS2/c1-10-5-6-11(16)7-12(10)20(18)9-14-17-13(8-19-14)15(2,3)4/h5-8H,9,16H2,1-4H3. The maximum Gasteiger partial charge on any atom is 0.106 e. The Morgan fingerprint density at radius 3 is 2.65 bits per heavy atom. The lowest BCUT2D eigenvalue weighted by Gasteiger charge is -2.14. The first-order valence-corrected chi connectivity index (χ1v) is 8.66. The van der Waals surface area contributed by atoms with Gasteiger partial charge in [0.1, 0.15) is 5.01 Å². The van der Waals surface area contributed by atoms with E-state index in [1.165, 1.54) is 0 Å². The molecule has 1 aromatic carbocycles. The topological polar surface area (TPSA) is 56.0 Å². The van der Waals surface area contributed by atoms with Crippen LogP contribution in [0, 0.1) is 6.92 Å². The second-order valence-electron chi connectivity index (χ2n) is 5.89. The second kappa shape index (κ2) is 5.66. The van der Waals surface area contributed by atoms with Gasteiger partial charge in [0, 0.05) is 21.4 Å². The SMILES string of the molecule is Cc1ccc(N)cc1S(=O)Cc1nc(C(C)(C)C)cs1. The number of nitrogen functional groups attached to an aromatic ring is 1. The lowest BCUT2D eigenvalue weighted by Crippen LogP contribution is -2.11. The molecule has 20 heavy (non-hydrogen) atoms. The fraction of sp³-hybridized carbons (Fsp3) is 0.400. The van der Waals surface area contributed by atoms with Crippen LogP contribution in [0.25, 0.3) is 0 Å². The van der Waals surface area contributed by atoms with Crippen LogP contribution in [-0.2, 0) is 22.0 Å². The Labute approximate surface area is 126 Å². The summed E-state index contributed by atoms with van der Waals surface area (Å²) in [6.07, 6.45) is 0. The highest BCUT2D eigenvalue weighted by Gasteiger charge is 2.18. The number of aryl methyl sites for hydroxylation is 1. The number of rotatable bonds is 3. The van der Waals surface area contributed by atoms with Gasteiger partial charge in [0.25, 0.3) is 0 Å². The van der Waals surface area contributed by atoms with E-state index >= 15 is 0 Å². The van der Waals surface area contributed by atoms with Crippen LogP contribution in [0.5, 0.6) is 0 Å². The molecule has 0 bridgehead atoms. The molecule has 0 amide bonds. The maximum absolute atomic E-state index is 12.5. The predicted molar refractivity (Wildman–Crippen MR) is 86.5 cm³/mol. The van der Waals surface area contributed by atoms with Gasteiger partial charge in [0.2, 0.25) is 0 Å². The number of nitrogens with zero attached hydrogens (tertiary/aromatic N) is 1. The van der Waals surface area contributed by atoms with E-state index < -0.39 is 10.8 Å². The minimum Gasteiger partial charge on any atom is -0.399 e. The van der Waals surface area contributed by atoms with E-state index in [-0.39, 0.29) is 5.41 Å². The molecule has 0 spiro atoms. The molecular formula is C15H20N2OS2. The Balaban J connectivity index is 2.20. The number of thiazole rings is 1. The molecule has 1 atom stereocenters. The number of anilines is 1. The molecule has 0 radical (unpaired) electrons. The number of hydrogen-bond donors (Lipinski definition) is 1. The zero-order valence-electron chi connectivity index (χ0n) is 12.3. The van der Waals surface area contributed by atoms with Crippen molar-refractivity contribution in [2.75, 3.05) is 5.73 Å². The van der Waals surface area contributed by atoms with Gasteiger partial charge in [0.05, 0.1) is 22.2 Å². The van der Waals surface area contributed by atoms with Gasteiger partial charge in [-0.25, -0.2) is 4.98 Å². The fourth-order valence-electron chi connectivity index (χ4n) is 1.77. The number of nitrogens with two attached hydrogens (primary N) is 1. The molecule has 2 rings (SSSR count). The van der Waals surface area contributed by atoms with Crippen molar-refractivity contribution in [3.05, 3.63) is 39.8 Å². The summed E-state index contributed by atoms with van der Waals surface area (Å²) in [5.74, 6) is 0.449. The summed E-state index contributed by atoms with van der Waals surface area (Å²) in [7, 11) is -1.10. The van der Waals surface area contributed by atoms with Crippen LogP contribution < -0.4 is 5.73 Å². The molecule has 2 N–H and O–H groups in total. The van der Waals surface area contributed by atoms with E-state index in [9.17, 15) is 4.21 Å². The Morgan fingerprint density at radius 1 is 1.35 bits per heavy atom. The zero-order chi connectivity index (χ0) is 14.9. The van der Waals surface area contributed by atoms with Crippen LogP contribution >= 0.6 is 11.3 Å². The largest absolute Gasteiger partial charge is 0.399 e. The molecule has 108 valence electrons. The van der Waals surface area contributed by atoms with Gasteiger partial charge in [-0.15, -0.1) is 11.3 Å². The van der Waals surface area contributed by atoms with Gasteiger partial charge >= 0.3 is 0 Å². The summed E-state index contributed by atoms with van der Waals surface area (Å²) < 4.78 is 12.5. The van der Waals surface area contributed by atoms with E-state index in [4.69, 9.17) is 5.73 Å². The molecule has 5 heteroatoms. The molecule has 3 nitrogen and oxygen atoms in total. The molecule has 1 aromatic heterocycles. The molecular weight excluding hydrogens is 288 g/mol. The van der Waals surface area contributed by atoms with Crippen LogP contribution in [0.4, 0.5) is 5.69 Å². The van der Waals surface area contributed by atoms with Crippen molar-refractivity contribution >= 4 is 27.8 Å². The Morgan fingerprint density at radius 2 is 2.05 bits per heavy atom. The van der Waals surface area contributed by atoms with Crippen molar-refractivity contribution in [3.63, 3.8) is 0 Å². The van der Waals surface area contributed by atoms with Gasteiger partial charge in [0.15, 0.2) is 0 Å². The normalized spacial score (nSPS) is 13.4. The summed E-state index contributed by atoms with van der Waals surface area (Å²) >= 11 is 1.57. The Hall–Kier alpha value is -1.20. The van der Waals surface area contributed by atoms with Gasteiger partial charge in [-0.1, -0.05) is 26.8 Å². The van der Waals surface area contributed by atoms with Crippen LogP contribution in [0.2, 0.25) is 0 Å². The average Bonchev–Trinajstić information content (AvgIpc) is 2.80. The third-order valence-corrected chi connectivity index (χ3v) is 5.53. The monoisotopic (exact) mass is 308 g/mol. The van der Waals surface area contributed by atoms with Crippen molar-refractivity contribution in [1.82, 2.24) is 4.98 Å². The van der Waals surface area contributed by atoms with E-state index in [0.717, 1.165) is 21.2 Å². The van der Waals surface area contributed by atoms with Crippen molar-refractivity contribution in [2.45, 2.75) is 43.8 Å². The minimum absolute atomic E-state index is 0.0311. The van der Waals surface area contributed by atoms with E-state index in [1.807, 2.05) is 19.1 Å². The Bertz CT molecular complexity index is 642. The zero-order valence-corrected chi connectivity index (χ0v) is 13.9. The van der Waals surface area contributed by atoms with Crippen LogP contribution in [-0.4, -0.2) is 9.19 Å². The van der Waals surface area contributed by atoms with Gasteiger partial charge in [-0.2, -0.15) is 0 Å². The quantitative estimate of drug-likeness (QED) is 0.881. The first-order chi connectivity index (χ1) is 9.27. The first-order valence-electron chi connectivity index (χ1n) is 6.47. The molecule has 0 aliphatic rings. The van der Waals surface area contributed by atoms with Gasteiger partial charge in [-0.3, -0.25) is 4.21 Å². The summed E-state index contributed by atoms with van der Waals surface area (Å²) in [4.78, 5) is 5.40. The molecule has 0 aliphatic heterocycles. The number of hydrogen-bond acceptors (Lipinski definition) is 4. The minimum atomic E-state index is -1.10. The van der Waals surface area contributed by atoms with E-state index in [1.54, 1.807) is 17.4 Å². The highest BCUT2D eigenvalue weighted by atomic mass is 32.2. The maximum atomic E-state index is 12.5. The Kier molecular flexibility index (Phi) is 4.30. The molecule has 2 aromatic rings. The first kappa shape index (κ1) is 15.2.